The average molecular weight is 216 g/mol. The monoisotopic (exact) mass is 216 g/mol. The van der Waals surface area contributed by atoms with Crippen LogP contribution in [0.4, 0.5) is 0 Å². The molecule has 2 aliphatic rings. The first-order chi connectivity index (χ1) is 7.75. The van der Waals surface area contributed by atoms with E-state index in [1.165, 1.54) is 26.4 Å². The third kappa shape index (κ3) is 0.998. The highest BCUT2D eigenvalue weighted by molar-refractivity contribution is 5.89. The van der Waals surface area contributed by atoms with Crippen molar-refractivity contribution in [2.45, 2.75) is 31.1 Å². The maximum Gasteiger partial charge on any atom is 0.316 e. The minimum Gasteiger partial charge on any atom is -0.468 e. The Labute approximate surface area is 95.6 Å². The molecule has 1 spiro atoms. The van der Waals surface area contributed by atoms with Crippen molar-refractivity contribution in [1.82, 2.24) is 0 Å². The molecule has 2 heteroatoms. The highest BCUT2D eigenvalue weighted by atomic mass is 16.5. The SMILES string of the molecule is COC(=O)C1(c2ccccc2)CC12CCC2. The van der Waals surface area contributed by atoms with E-state index >= 15 is 0 Å². The highest BCUT2D eigenvalue weighted by Gasteiger charge is 2.75. The van der Waals surface area contributed by atoms with Gasteiger partial charge in [0.2, 0.25) is 0 Å². The number of ether oxygens (including phenoxy) is 1. The van der Waals surface area contributed by atoms with E-state index in [0.717, 1.165) is 12.0 Å². The van der Waals surface area contributed by atoms with Crippen LogP contribution in [0.25, 0.3) is 0 Å². The van der Waals surface area contributed by atoms with Gasteiger partial charge in [0.05, 0.1) is 12.5 Å². The van der Waals surface area contributed by atoms with Gasteiger partial charge < -0.3 is 4.74 Å². The largest absolute Gasteiger partial charge is 0.468 e. The summed E-state index contributed by atoms with van der Waals surface area (Å²) in [6, 6.07) is 10.1. The molecule has 0 aromatic heterocycles. The van der Waals surface area contributed by atoms with Gasteiger partial charge in [-0.2, -0.15) is 0 Å². The molecule has 1 aromatic carbocycles. The first-order valence-corrected chi connectivity index (χ1v) is 5.89. The normalized spacial score (nSPS) is 29.6. The molecule has 2 nitrogen and oxygen atoms in total. The van der Waals surface area contributed by atoms with Crippen molar-refractivity contribution in [3.8, 4) is 0 Å². The van der Waals surface area contributed by atoms with E-state index in [2.05, 4.69) is 12.1 Å². The molecule has 2 aliphatic carbocycles. The molecular weight excluding hydrogens is 200 g/mol. The summed E-state index contributed by atoms with van der Waals surface area (Å²) >= 11 is 0. The van der Waals surface area contributed by atoms with Crippen LogP contribution in [0.5, 0.6) is 0 Å². The van der Waals surface area contributed by atoms with Crippen LogP contribution < -0.4 is 0 Å². The third-order valence-electron chi connectivity index (χ3n) is 4.49. The Balaban J connectivity index is 2.02. The summed E-state index contributed by atoms with van der Waals surface area (Å²) in [7, 11) is 1.50. The zero-order chi connectivity index (χ0) is 11.2. The van der Waals surface area contributed by atoms with E-state index < -0.39 is 0 Å². The Hall–Kier alpha value is -1.31. The molecule has 1 unspecified atom stereocenters. The molecule has 0 radical (unpaired) electrons. The lowest BCUT2D eigenvalue weighted by Crippen LogP contribution is -2.33. The lowest BCUT2D eigenvalue weighted by molar-refractivity contribution is -0.145. The second kappa shape index (κ2) is 3.09. The number of rotatable bonds is 2. The minimum atomic E-state index is -0.318. The molecule has 2 fully saturated rings. The molecule has 0 amide bonds. The summed E-state index contributed by atoms with van der Waals surface area (Å²) in [4.78, 5) is 12.1. The first-order valence-electron chi connectivity index (χ1n) is 5.89. The van der Waals surface area contributed by atoms with Gasteiger partial charge in [-0.1, -0.05) is 36.8 Å². The van der Waals surface area contributed by atoms with Crippen molar-refractivity contribution >= 4 is 5.97 Å². The average Bonchev–Trinajstić information content (AvgIpc) is 3.01. The molecule has 0 N–H and O–H groups in total. The summed E-state index contributed by atoms with van der Waals surface area (Å²) in [5.41, 5.74) is 1.06. The van der Waals surface area contributed by atoms with Crippen LogP contribution >= 0.6 is 0 Å². The van der Waals surface area contributed by atoms with Crippen LogP contribution in [0.15, 0.2) is 30.3 Å². The Kier molecular flexibility index (Phi) is 1.91. The van der Waals surface area contributed by atoms with Crippen molar-refractivity contribution in [3.63, 3.8) is 0 Å². The fourth-order valence-electron chi connectivity index (χ4n) is 3.38. The molecule has 2 saturated carbocycles. The zero-order valence-electron chi connectivity index (χ0n) is 9.53. The van der Waals surface area contributed by atoms with E-state index in [9.17, 15) is 4.79 Å². The third-order valence-corrected chi connectivity index (χ3v) is 4.49. The Morgan fingerprint density at radius 2 is 1.94 bits per heavy atom. The number of hydrogen-bond acceptors (Lipinski definition) is 2. The van der Waals surface area contributed by atoms with Crippen LogP contribution in [0, 0.1) is 5.41 Å². The number of carbonyl (C=O) groups is 1. The molecule has 0 aliphatic heterocycles. The maximum absolute atomic E-state index is 12.1. The number of hydrogen-bond donors (Lipinski definition) is 0. The van der Waals surface area contributed by atoms with E-state index in [1.54, 1.807) is 0 Å². The van der Waals surface area contributed by atoms with Crippen molar-refractivity contribution in [3.05, 3.63) is 35.9 Å². The number of carbonyl (C=O) groups excluding carboxylic acids is 1. The molecule has 1 atom stereocenters. The van der Waals surface area contributed by atoms with Gasteiger partial charge in [0, 0.05) is 0 Å². The molecule has 3 rings (SSSR count). The Bertz CT molecular complexity index is 420. The topological polar surface area (TPSA) is 26.3 Å². The summed E-state index contributed by atoms with van der Waals surface area (Å²) in [6.07, 6.45) is 4.59. The molecule has 0 saturated heterocycles. The highest BCUT2D eigenvalue weighted by Crippen LogP contribution is 2.74. The zero-order valence-corrected chi connectivity index (χ0v) is 9.53. The smallest absolute Gasteiger partial charge is 0.316 e. The lowest BCUT2D eigenvalue weighted by atomic mass is 9.72. The Morgan fingerprint density at radius 3 is 2.38 bits per heavy atom. The lowest BCUT2D eigenvalue weighted by Gasteiger charge is -2.31. The Morgan fingerprint density at radius 1 is 1.25 bits per heavy atom. The van der Waals surface area contributed by atoms with Crippen LogP contribution in [0.3, 0.4) is 0 Å². The van der Waals surface area contributed by atoms with Gasteiger partial charge in [0.15, 0.2) is 0 Å². The molecule has 16 heavy (non-hydrogen) atoms. The van der Waals surface area contributed by atoms with E-state index in [4.69, 9.17) is 4.74 Å². The summed E-state index contributed by atoms with van der Waals surface area (Å²) in [5.74, 6) is -0.0431. The number of methoxy groups -OCH3 is 1. The van der Waals surface area contributed by atoms with Gasteiger partial charge in [-0.3, -0.25) is 4.79 Å². The van der Waals surface area contributed by atoms with E-state index in [0.29, 0.717) is 0 Å². The van der Waals surface area contributed by atoms with Crippen molar-refractivity contribution < 1.29 is 9.53 Å². The van der Waals surface area contributed by atoms with E-state index in [1.807, 2.05) is 18.2 Å². The van der Waals surface area contributed by atoms with Crippen LogP contribution in [-0.2, 0) is 14.9 Å². The van der Waals surface area contributed by atoms with Gasteiger partial charge in [-0.15, -0.1) is 0 Å². The first kappa shape index (κ1) is 9.88. The van der Waals surface area contributed by atoms with Crippen molar-refractivity contribution in [1.29, 1.82) is 0 Å². The minimum absolute atomic E-state index is 0.0431. The van der Waals surface area contributed by atoms with Crippen molar-refractivity contribution in [2.24, 2.45) is 5.41 Å². The van der Waals surface area contributed by atoms with Gasteiger partial charge in [-0.25, -0.2) is 0 Å². The standard InChI is InChI=1S/C14H16O2/c1-16-12(15)14(10-13(14)8-5-9-13)11-6-3-2-4-7-11/h2-4,6-7H,5,8-10H2,1H3. The van der Waals surface area contributed by atoms with Crippen LogP contribution in [0.2, 0.25) is 0 Å². The maximum atomic E-state index is 12.1. The van der Waals surface area contributed by atoms with Gasteiger partial charge in [-0.05, 0) is 30.2 Å². The second-order valence-corrected chi connectivity index (χ2v) is 5.07. The van der Waals surface area contributed by atoms with Crippen LogP contribution in [-0.4, -0.2) is 13.1 Å². The molecule has 0 heterocycles. The van der Waals surface area contributed by atoms with E-state index in [-0.39, 0.29) is 16.8 Å². The van der Waals surface area contributed by atoms with Crippen molar-refractivity contribution in [2.75, 3.05) is 7.11 Å². The second-order valence-electron chi connectivity index (χ2n) is 5.07. The van der Waals surface area contributed by atoms with Gasteiger partial charge >= 0.3 is 5.97 Å². The number of benzene rings is 1. The van der Waals surface area contributed by atoms with Gasteiger partial charge in [0.1, 0.15) is 0 Å². The molecule has 84 valence electrons. The summed E-state index contributed by atoms with van der Waals surface area (Å²) in [5, 5.41) is 0. The molecule has 1 aromatic rings. The van der Waals surface area contributed by atoms with Crippen LogP contribution in [0.1, 0.15) is 31.2 Å². The summed E-state index contributed by atoms with van der Waals surface area (Å²) < 4.78 is 5.02. The molecule has 0 bridgehead atoms. The number of esters is 1. The summed E-state index contributed by atoms with van der Waals surface area (Å²) in [6.45, 7) is 0. The fraction of sp³-hybridized carbons (Fsp3) is 0.500. The fourth-order valence-corrected chi connectivity index (χ4v) is 3.38. The predicted octanol–water partition coefficient (Wildman–Crippen LogP) is 2.67. The molecular formula is C14H16O2. The quantitative estimate of drug-likeness (QED) is 0.710. The predicted molar refractivity (Wildman–Crippen MR) is 61.0 cm³/mol. The van der Waals surface area contributed by atoms with Gasteiger partial charge in [0.25, 0.3) is 0 Å².